The second-order valence-electron chi connectivity index (χ2n) is 7.31. The maximum atomic E-state index is 6.28. The number of hydrogen-bond donors (Lipinski definition) is 0. The summed E-state index contributed by atoms with van der Waals surface area (Å²) < 4.78 is 19.1. The van der Waals surface area contributed by atoms with E-state index in [0.29, 0.717) is 11.6 Å². The van der Waals surface area contributed by atoms with Crippen molar-refractivity contribution in [1.82, 2.24) is 9.55 Å². The van der Waals surface area contributed by atoms with Crippen molar-refractivity contribution in [1.29, 1.82) is 0 Å². The van der Waals surface area contributed by atoms with E-state index in [2.05, 4.69) is 10.6 Å². The molecule has 0 saturated heterocycles. The van der Waals surface area contributed by atoms with Crippen molar-refractivity contribution >= 4 is 22.6 Å². The number of aromatic nitrogens is 2. The van der Waals surface area contributed by atoms with E-state index in [1.165, 1.54) is 0 Å². The smallest absolute Gasteiger partial charge is 0.160 e. The van der Waals surface area contributed by atoms with E-state index < -0.39 is 0 Å². The predicted octanol–water partition coefficient (Wildman–Crippen LogP) is 5.84. The van der Waals surface area contributed by atoms with Gasteiger partial charge in [-0.2, -0.15) is 0 Å². The Morgan fingerprint density at radius 1 is 0.903 bits per heavy atom. The molecule has 4 rings (SSSR count). The minimum Gasteiger partial charge on any atom is -0.493 e. The van der Waals surface area contributed by atoms with Crippen molar-refractivity contribution in [2.75, 3.05) is 14.2 Å². The average molecular weight is 437 g/mol. The highest BCUT2D eigenvalue weighted by atomic mass is 35.5. The van der Waals surface area contributed by atoms with E-state index in [1.54, 1.807) is 14.2 Å². The van der Waals surface area contributed by atoms with Gasteiger partial charge in [-0.25, -0.2) is 4.98 Å². The summed E-state index contributed by atoms with van der Waals surface area (Å²) in [4.78, 5) is 4.81. The summed E-state index contributed by atoms with van der Waals surface area (Å²) in [7, 11) is 3.29. The highest BCUT2D eigenvalue weighted by Crippen LogP contribution is 2.28. The van der Waals surface area contributed by atoms with E-state index in [0.717, 1.165) is 58.2 Å². The molecule has 5 nitrogen and oxygen atoms in total. The zero-order chi connectivity index (χ0) is 21.8. The Morgan fingerprint density at radius 2 is 1.71 bits per heavy atom. The number of benzene rings is 3. The molecule has 0 amide bonds. The predicted molar refractivity (Wildman–Crippen MR) is 124 cm³/mol. The third-order valence-electron chi connectivity index (χ3n) is 5.31. The second kappa shape index (κ2) is 9.31. The van der Waals surface area contributed by atoms with Gasteiger partial charge in [0.25, 0.3) is 0 Å². The fourth-order valence-electron chi connectivity index (χ4n) is 3.64. The molecule has 0 saturated carbocycles. The molecule has 6 heteroatoms. The monoisotopic (exact) mass is 436 g/mol. The molecule has 0 fully saturated rings. The van der Waals surface area contributed by atoms with Gasteiger partial charge in [0.15, 0.2) is 11.5 Å². The first-order valence-electron chi connectivity index (χ1n) is 10.1. The van der Waals surface area contributed by atoms with E-state index in [4.69, 9.17) is 30.8 Å². The van der Waals surface area contributed by atoms with Crippen molar-refractivity contribution in [3.8, 4) is 17.2 Å². The van der Waals surface area contributed by atoms with Crippen LogP contribution >= 0.6 is 11.6 Å². The summed E-state index contributed by atoms with van der Waals surface area (Å²) >= 11 is 6.28. The lowest BCUT2D eigenvalue weighted by Crippen LogP contribution is -2.09. The standard InChI is InChI=1S/C25H25ClN2O3/c1-17-6-4-5-7-22(17)31-16-25-27-20-10-9-19(26)15-21(20)28(25)13-12-18-8-11-23(29-2)24(14-18)30-3/h4-11,14-15H,12-13,16H2,1-3H3. The van der Waals surface area contributed by atoms with Gasteiger partial charge in [0.05, 0.1) is 25.3 Å². The summed E-state index contributed by atoms with van der Waals surface area (Å²) in [6.45, 7) is 3.15. The van der Waals surface area contributed by atoms with Crippen LogP contribution in [0.3, 0.4) is 0 Å². The van der Waals surface area contributed by atoms with Crippen LogP contribution in [-0.4, -0.2) is 23.8 Å². The van der Waals surface area contributed by atoms with Crippen LogP contribution < -0.4 is 14.2 Å². The molecule has 3 aromatic carbocycles. The Kier molecular flexibility index (Phi) is 6.33. The maximum absolute atomic E-state index is 6.28. The first-order chi connectivity index (χ1) is 15.1. The molecule has 0 spiro atoms. The van der Waals surface area contributed by atoms with Crippen LogP contribution in [0.5, 0.6) is 17.2 Å². The number of fused-ring (bicyclic) bond motifs is 1. The number of ether oxygens (including phenoxy) is 3. The molecule has 0 atom stereocenters. The number of aryl methyl sites for hydroxylation is 3. The lowest BCUT2D eigenvalue weighted by Gasteiger charge is -2.13. The second-order valence-corrected chi connectivity index (χ2v) is 7.74. The summed E-state index contributed by atoms with van der Waals surface area (Å²) in [5, 5.41) is 0.686. The molecule has 160 valence electrons. The Morgan fingerprint density at radius 3 is 2.48 bits per heavy atom. The Balaban J connectivity index is 1.61. The zero-order valence-corrected chi connectivity index (χ0v) is 18.6. The highest BCUT2D eigenvalue weighted by molar-refractivity contribution is 6.31. The van der Waals surface area contributed by atoms with E-state index in [1.807, 2.05) is 61.5 Å². The molecular formula is C25H25ClN2O3. The summed E-state index contributed by atoms with van der Waals surface area (Å²) in [5.74, 6) is 3.17. The summed E-state index contributed by atoms with van der Waals surface area (Å²) in [6, 6.07) is 19.7. The lowest BCUT2D eigenvalue weighted by molar-refractivity contribution is 0.288. The van der Waals surface area contributed by atoms with Gasteiger partial charge in [-0.15, -0.1) is 0 Å². The fourth-order valence-corrected chi connectivity index (χ4v) is 3.81. The van der Waals surface area contributed by atoms with Crippen molar-refractivity contribution in [2.24, 2.45) is 0 Å². The van der Waals surface area contributed by atoms with Crippen molar-refractivity contribution < 1.29 is 14.2 Å². The topological polar surface area (TPSA) is 45.5 Å². The minimum atomic E-state index is 0.378. The van der Waals surface area contributed by atoms with Gasteiger partial charge >= 0.3 is 0 Å². The van der Waals surface area contributed by atoms with Gasteiger partial charge in [0.2, 0.25) is 0 Å². The molecular weight excluding hydrogens is 412 g/mol. The van der Waals surface area contributed by atoms with Crippen molar-refractivity contribution in [3.63, 3.8) is 0 Å². The van der Waals surface area contributed by atoms with Crippen LogP contribution in [0.25, 0.3) is 11.0 Å². The maximum Gasteiger partial charge on any atom is 0.160 e. The molecule has 0 N–H and O–H groups in total. The van der Waals surface area contributed by atoms with Crippen LogP contribution in [0.2, 0.25) is 5.02 Å². The van der Waals surface area contributed by atoms with E-state index in [-0.39, 0.29) is 0 Å². The molecule has 0 aliphatic carbocycles. The molecule has 31 heavy (non-hydrogen) atoms. The minimum absolute atomic E-state index is 0.378. The molecule has 0 unspecified atom stereocenters. The molecule has 1 aromatic heterocycles. The summed E-state index contributed by atoms with van der Waals surface area (Å²) in [6.07, 6.45) is 0.801. The number of imidazole rings is 1. The third kappa shape index (κ3) is 4.62. The zero-order valence-electron chi connectivity index (χ0n) is 17.9. The Labute approximate surface area is 187 Å². The van der Waals surface area contributed by atoms with Crippen LogP contribution in [-0.2, 0) is 19.6 Å². The number of methoxy groups -OCH3 is 2. The first kappa shape index (κ1) is 21.1. The lowest BCUT2D eigenvalue weighted by atomic mass is 10.1. The largest absolute Gasteiger partial charge is 0.493 e. The number of hydrogen-bond acceptors (Lipinski definition) is 4. The fraction of sp³-hybridized carbons (Fsp3) is 0.240. The highest BCUT2D eigenvalue weighted by Gasteiger charge is 2.13. The molecule has 0 bridgehead atoms. The van der Waals surface area contributed by atoms with Crippen LogP contribution in [0, 0.1) is 6.92 Å². The van der Waals surface area contributed by atoms with Gasteiger partial charge in [-0.05, 0) is 60.9 Å². The molecule has 0 aliphatic rings. The number of rotatable bonds is 8. The third-order valence-corrected chi connectivity index (χ3v) is 5.55. The van der Waals surface area contributed by atoms with Gasteiger partial charge in [-0.1, -0.05) is 35.9 Å². The van der Waals surface area contributed by atoms with Crippen LogP contribution in [0.15, 0.2) is 60.7 Å². The van der Waals surface area contributed by atoms with Crippen molar-refractivity contribution in [2.45, 2.75) is 26.5 Å². The normalized spacial score (nSPS) is 11.0. The Hall–Kier alpha value is -3.18. The number of para-hydroxylation sites is 1. The first-order valence-corrected chi connectivity index (χ1v) is 10.5. The van der Waals surface area contributed by atoms with Gasteiger partial charge < -0.3 is 18.8 Å². The SMILES string of the molecule is COc1ccc(CCn2c(COc3ccccc3C)nc3ccc(Cl)cc32)cc1OC. The summed E-state index contributed by atoms with van der Waals surface area (Å²) in [5.41, 5.74) is 4.14. The van der Waals surface area contributed by atoms with Crippen LogP contribution in [0.1, 0.15) is 17.0 Å². The number of nitrogens with zero attached hydrogens (tertiary/aromatic N) is 2. The average Bonchev–Trinajstić information content (AvgIpc) is 3.13. The van der Waals surface area contributed by atoms with E-state index >= 15 is 0 Å². The van der Waals surface area contributed by atoms with Gasteiger partial charge in [0.1, 0.15) is 18.2 Å². The van der Waals surface area contributed by atoms with Crippen molar-refractivity contribution in [3.05, 3.63) is 82.6 Å². The Bertz CT molecular complexity index is 1200. The number of halogens is 1. The molecule has 0 radical (unpaired) electrons. The van der Waals surface area contributed by atoms with Gasteiger partial charge in [0, 0.05) is 11.6 Å². The van der Waals surface area contributed by atoms with Gasteiger partial charge in [-0.3, -0.25) is 0 Å². The molecule has 4 aromatic rings. The quantitative estimate of drug-likeness (QED) is 0.348. The van der Waals surface area contributed by atoms with Crippen LogP contribution in [0.4, 0.5) is 0 Å². The van der Waals surface area contributed by atoms with E-state index in [9.17, 15) is 0 Å². The molecule has 1 heterocycles. The molecule has 0 aliphatic heterocycles.